The highest BCUT2D eigenvalue weighted by Crippen LogP contribution is 2.32. The summed E-state index contributed by atoms with van der Waals surface area (Å²) in [5, 5.41) is 16.2. The number of benzene rings is 1. The highest BCUT2D eigenvalue weighted by atomic mass is 32.1. The van der Waals surface area contributed by atoms with Crippen LogP contribution in [-0.4, -0.2) is 44.2 Å². The highest BCUT2D eigenvalue weighted by Gasteiger charge is 2.40. The number of piperidine rings is 1. The van der Waals surface area contributed by atoms with Crippen molar-refractivity contribution >= 4 is 28.9 Å². The van der Waals surface area contributed by atoms with Crippen LogP contribution < -0.4 is 15.5 Å². The second kappa shape index (κ2) is 6.52. The third-order valence-electron chi connectivity index (χ3n) is 5.24. The average molecular weight is 393 g/mol. The Balaban J connectivity index is 1.29. The van der Waals surface area contributed by atoms with E-state index < -0.39 is 5.66 Å². The van der Waals surface area contributed by atoms with Crippen LogP contribution in [0.2, 0.25) is 0 Å². The number of amides is 1. The Hall–Kier alpha value is -3.07. The Labute approximate surface area is 166 Å². The summed E-state index contributed by atoms with van der Waals surface area (Å²) in [6.07, 6.45) is 1.57. The number of anilines is 2. The van der Waals surface area contributed by atoms with Crippen molar-refractivity contribution in [2.24, 2.45) is 0 Å². The van der Waals surface area contributed by atoms with Gasteiger partial charge < -0.3 is 15.5 Å². The molecule has 0 radical (unpaired) electrons. The van der Waals surface area contributed by atoms with E-state index in [0.717, 1.165) is 54.0 Å². The van der Waals surface area contributed by atoms with E-state index in [2.05, 4.69) is 35.1 Å². The summed E-state index contributed by atoms with van der Waals surface area (Å²) in [6.45, 7) is 3.42. The van der Waals surface area contributed by atoms with Crippen molar-refractivity contribution < 1.29 is 4.79 Å². The summed E-state index contributed by atoms with van der Waals surface area (Å²) >= 11 is 1.33. The normalized spacial score (nSPS) is 17.8. The smallest absolute Gasteiger partial charge is 0.255 e. The Kier molecular flexibility index (Phi) is 3.97. The van der Waals surface area contributed by atoms with E-state index >= 15 is 0 Å². The Morgan fingerprint density at radius 1 is 1.07 bits per heavy atom. The van der Waals surface area contributed by atoms with E-state index in [4.69, 9.17) is 0 Å². The molecule has 28 heavy (non-hydrogen) atoms. The largest absolute Gasteiger partial charge is 0.362 e. The molecular formula is C19H19N7OS. The van der Waals surface area contributed by atoms with Gasteiger partial charge in [0.1, 0.15) is 17.2 Å². The number of hydrogen-bond acceptors (Lipinski definition) is 8. The minimum atomic E-state index is -0.403. The van der Waals surface area contributed by atoms with Gasteiger partial charge >= 0.3 is 0 Å². The maximum absolute atomic E-state index is 12.5. The maximum atomic E-state index is 12.5. The lowest BCUT2D eigenvalue weighted by atomic mass is 9.92. The van der Waals surface area contributed by atoms with Crippen LogP contribution >= 0.6 is 11.5 Å². The predicted molar refractivity (Wildman–Crippen MR) is 107 cm³/mol. The van der Waals surface area contributed by atoms with E-state index in [-0.39, 0.29) is 5.91 Å². The summed E-state index contributed by atoms with van der Waals surface area (Å²) in [5.41, 5.74) is 1.93. The fraction of sp³-hybridized carbons (Fsp3) is 0.316. The summed E-state index contributed by atoms with van der Waals surface area (Å²) in [4.78, 5) is 19.0. The van der Waals surface area contributed by atoms with Crippen molar-refractivity contribution in [3.63, 3.8) is 0 Å². The lowest BCUT2D eigenvalue weighted by Crippen LogP contribution is -2.62. The van der Waals surface area contributed by atoms with Crippen LogP contribution in [0.5, 0.6) is 0 Å². The summed E-state index contributed by atoms with van der Waals surface area (Å²) in [6, 6.07) is 11.5. The van der Waals surface area contributed by atoms with Gasteiger partial charge in [0.15, 0.2) is 10.8 Å². The number of nitrogens with one attached hydrogen (secondary N) is 2. The molecule has 1 aromatic carbocycles. The molecule has 1 amide bonds. The second-order valence-electron chi connectivity index (χ2n) is 7.12. The van der Waals surface area contributed by atoms with Crippen molar-refractivity contribution in [2.75, 3.05) is 23.3 Å². The zero-order valence-corrected chi connectivity index (χ0v) is 16.2. The topological polar surface area (TPSA) is 95.9 Å². The van der Waals surface area contributed by atoms with Crippen LogP contribution in [0.1, 0.15) is 29.0 Å². The molecule has 2 aromatic heterocycles. The molecule has 2 N–H and O–H groups in total. The molecule has 1 saturated heterocycles. The van der Waals surface area contributed by atoms with Gasteiger partial charge in [0.25, 0.3) is 5.91 Å². The molecule has 3 aromatic rings. The molecule has 142 valence electrons. The van der Waals surface area contributed by atoms with Crippen molar-refractivity contribution in [1.82, 2.24) is 24.9 Å². The van der Waals surface area contributed by atoms with Crippen LogP contribution in [0.4, 0.5) is 11.5 Å². The molecule has 0 bridgehead atoms. The standard InChI is InChI=1S/C19H19N7OS/c1-12-20-18(28-25-12)15-6-7-16(24-23-15)26-10-8-19(9-11-26)21-14-5-3-2-4-13(14)17(27)22-19/h2-7,21H,8-11H2,1H3,(H,22,27). The van der Waals surface area contributed by atoms with Gasteiger partial charge in [-0.1, -0.05) is 12.1 Å². The van der Waals surface area contributed by atoms with Crippen LogP contribution in [0.25, 0.3) is 10.7 Å². The second-order valence-corrected chi connectivity index (χ2v) is 7.87. The summed E-state index contributed by atoms with van der Waals surface area (Å²) < 4.78 is 4.19. The molecule has 1 spiro atoms. The van der Waals surface area contributed by atoms with E-state index in [1.54, 1.807) is 0 Å². The number of nitrogens with zero attached hydrogens (tertiary/aromatic N) is 5. The molecule has 0 saturated carbocycles. The highest BCUT2D eigenvalue weighted by molar-refractivity contribution is 7.09. The molecule has 1 fully saturated rings. The van der Waals surface area contributed by atoms with E-state index in [0.29, 0.717) is 5.56 Å². The van der Waals surface area contributed by atoms with Gasteiger partial charge in [-0.25, -0.2) is 4.98 Å². The number of aryl methyl sites for hydroxylation is 1. The van der Waals surface area contributed by atoms with Crippen LogP contribution in [0.15, 0.2) is 36.4 Å². The van der Waals surface area contributed by atoms with E-state index in [1.165, 1.54) is 11.5 Å². The van der Waals surface area contributed by atoms with E-state index in [1.807, 2.05) is 43.3 Å². The van der Waals surface area contributed by atoms with Crippen LogP contribution in [-0.2, 0) is 0 Å². The SMILES string of the molecule is Cc1nsc(-c2ccc(N3CCC4(CC3)NC(=O)c3ccccc3N4)nn2)n1. The first-order valence-electron chi connectivity index (χ1n) is 9.21. The number of aromatic nitrogens is 4. The van der Waals surface area contributed by atoms with Crippen molar-refractivity contribution in [3.8, 4) is 10.7 Å². The Bertz CT molecular complexity index is 1020. The molecular weight excluding hydrogens is 374 g/mol. The molecule has 0 atom stereocenters. The fourth-order valence-corrected chi connectivity index (χ4v) is 4.38. The zero-order chi connectivity index (χ0) is 19.1. The first-order valence-corrected chi connectivity index (χ1v) is 9.98. The molecule has 2 aliphatic rings. The molecule has 5 rings (SSSR count). The minimum Gasteiger partial charge on any atom is -0.362 e. The van der Waals surface area contributed by atoms with Gasteiger partial charge in [0.2, 0.25) is 0 Å². The van der Waals surface area contributed by atoms with Gasteiger partial charge in [-0.2, -0.15) is 4.37 Å². The quantitative estimate of drug-likeness (QED) is 0.690. The van der Waals surface area contributed by atoms with E-state index in [9.17, 15) is 4.79 Å². The van der Waals surface area contributed by atoms with Crippen LogP contribution in [0.3, 0.4) is 0 Å². The molecule has 0 aliphatic carbocycles. The number of hydrogen-bond donors (Lipinski definition) is 2. The van der Waals surface area contributed by atoms with Gasteiger partial charge in [-0.15, -0.1) is 10.2 Å². The monoisotopic (exact) mass is 393 g/mol. The van der Waals surface area contributed by atoms with Gasteiger partial charge in [-0.3, -0.25) is 4.79 Å². The fourth-order valence-electron chi connectivity index (χ4n) is 3.74. The third kappa shape index (κ3) is 2.97. The molecule has 8 nitrogen and oxygen atoms in total. The predicted octanol–water partition coefficient (Wildman–Crippen LogP) is 2.46. The number of carbonyl (C=O) groups excluding carboxylic acids is 1. The lowest BCUT2D eigenvalue weighted by molar-refractivity contribution is 0.0885. The summed E-state index contributed by atoms with van der Waals surface area (Å²) in [5.74, 6) is 1.57. The first kappa shape index (κ1) is 17.1. The van der Waals surface area contributed by atoms with Crippen molar-refractivity contribution in [1.29, 1.82) is 0 Å². The lowest BCUT2D eigenvalue weighted by Gasteiger charge is -2.46. The maximum Gasteiger partial charge on any atom is 0.255 e. The molecule has 0 unspecified atom stereocenters. The number of para-hydroxylation sites is 1. The van der Waals surface area contributed by atoms with Gasteiger partial charge in [-0.05, 0) is 42.7 Å². The first-order chi connectivity index (χ1) is 13.6. The molecule has 4 heterocycles. The summed E-state index contributed by atoms with van der Waals surface area (Å²) in [7, 11) is 0. The van der Waals surface area contributed by atoms with Crippen LogP contribution in [0, 0.1) is 6.92 Å². The third-order valence-corrected chi connectivity index (χ3v) is 6.07. The van der Waals surface area contributed by atoms with Gasteiger partial charge in [0.05, 0.1) is 5.56 Å². The Morgan fingerprint density at radius 2 is 1.89 bits per heavy atom. The minimum absolute atomic E-state index is 0.0145. The zero-order valence-electron chi connectivity index (χ0n) is 15.3. The number of fused-ring (bicyclic) bond motifs is 1. The Morgan fingerprint density at radius 3 is 2.61 bits per heavy atom. The molecule has 2 aliphatic heterocycles. The number of carbonyl (C=O) groups is 1. The van der Waals surface area contributed by atoms with Crippen molar-refractivity contribution in [3.05, 3.63) is 47.8 Å². The van der Waals surface area contributed by atoms with Crippen molar-refractivity contribution in [2.45, 2.75) is 25.4 Å². The average Bonchev–Trinajstić information content (AvgIpc) is 3.15. The molecule has 9 heteroatoms. The number of rotatable bonds is 2. The van der Waals surface area contributed by atoms with Gasteiger partial charge in [0, 0.05) is 31.6 Å².